The smallest absolute Gasteiger partial charge is 0.232 e. The van der Waals surface area contributed by atoms with E-state index >= 15 is 0 Å². The van der Waals surface area contributed by atoms with Crippen LogP contribution in [0.1, 0.15) is 63.4 Å². The van der Waals surface area contributed by atoms with Gasteiger partial charge in [-0.3, -0.25) is 9.59 Å². The molecule has 0 aromatic heterocycles. The van der Waals surface area contributed by atoms with Crippen LogP contribution in [0.25, 0.3) is 0 Å². The van der Waals surface area contributed by atoms with Crippen LogP contribution in [0.5, 0.6) is 0 Å². The molecule has 2 heterocycles. The van der Waals surface area contributed by atoms with E-state index in [0.717, 1.165) is 18.9 Å². The number of fused-ring (bicyclic) bond motifs is 2. The molecule has 4 rings (SSSR count). The molecule has 0 spiro atoms. The van der Waals surface area contributed by atoms with Gasteiger partial charge in [-0.1, -0.05) is 0 Å². The van der Waals surface area contributed by atoms with Crippen LogP contribution in [-0.2, 0) is 16.0 Å². The number of amides is 2. The first-order valence-corrected chi connectivity index (χ1v) is 11.9. The number of nitrogens with zero attached hydrogens (tertiary/aromatic N) is 1. The molecule has 3 fully saturated rings. The predicted octanol–water partition coefficient (Wildman–Crippen LogP) is 2.55. The highest BCUT2D eigenvalue weighted by Gasteiger charge is 2.44. The maximum atomic E-state index is 14.0. The lowest BCUT2D eigenvalue weighted by Gasteiger charge is -2.41. The van der Waals surface area contributed by atoms with Crippen molar-refractivity contribution < 1.29 is 27.9 Å². The lowest BCUT2D eigenvalue weighted by Crippen LogP contribution is -2.51. The second kappa shape index (κ2) is 10.0. The van der Waals surface area contributed by atoms with Crippen LogP contribution in [0, 0.1) is 23.4 Å². The Morgan fingerprint density at radius 3 is 2.24 bits per heavy atom. The predicted molar refractivity (Wildman–Crippen MR) is 115 cm³/mol. The van der Waals surface area contributed by atoms with E-state index in [9.17, 15) is 27.9 Å². The van der Waals surface area contributed by atoms with Gasteiger partial charge in [0, 0.05) is 30.2 Å². The van der Waals surface area contributed by atoms with Crippen LogP contribution in [0.2, 0.25) is 0 Å². The molecule has 1 unspecified atom stereocenters. The maximum absolute atomic E-state index is 14.0. The highest BCUT2D eigenvalue weighted by Crippen LogP contribution is 2.40. The van der Waals surface area contributed by atoms with E-state index in [2.05, 4.69) is 5.32 Å². The minimum absolute atomic E-state index is 0.00542. The zero-order valence-electron chi connectivity index (χ0n) is 18.6. The second-order valence-corrected chi connectivity index (χ2v) is 9.89. The highest BCUT2D eigenvalue weighted by atomic mass is 19.2. The van der Waals surface area contributed by atoms with Crippen molar-refractivity contribution in [3.63, 3.8) is 0 Å². The number of aliphatic hydroxyl groups excluding tert-OH is 1. The quantitative estimate of drug-likeness (QED) is 0.443. The first-order valence-electron chi connectivity index (χ1n) is 11.9. The van der Waals surface area contributed by atoms with Crippen LogP contribution in [-0.4, -0.2) is 52.1 Å². The summed E-state index contributed by atoms with van der Waals surface area (Å²) in [5, 5.41) is 12.5. The first-order chi connectivity index (χ1) is 15.7. The number of nitrogens with one attached hydrogen (secondary N) is 1. The standard InChI is InChI=1S/C24H32F3N3O3/c25-19-11-21(27)20(26)9-13(19)10-22(28)14-7-16-3-4-17(8-14)30(16)24(33)12-23(32)29-15-1-5-18(31)6-2-15/h9,11,14-18,22,31H,1-8,10,12,28H2,(H,29,32)/t14?,15?,16-,17+,18?,22-/m1/s1. The van der Waals surface area contributed by atoms with Crippen LogP contribution < -0.4 is 11.1 Å². The summed E-state index contributed by atoms with van der Waals surface area (Å²) in [6, 6.07) is 0.951. The third-order valence-electron chi connectivity index (χ3n) is 7.58. The van der Waals surface area contributed by atoms with E-state index < -0.39 is 23.5 Å². The van der Waals surface area contributed by atoms with E-state index in [0.29, 0.717) is 44.6 Å². The van der Waals surface area contributed by atoms with Gasteiger partial charge >= 0.3 is 0 Å². The molecule has 33 heavy (non-hydrogen) atoms. The summed E-state index contributed by atoms with van der Waals surface area (Å²) in [6.07, 6.45) is 5.32. The summed E-state index contributed by atoms with van der Waals surface area (Å²) in [4.78, 5) is 27.1. The molecule has 4 atom stereocenters. The van der Waals surface area contributed by atoms with Crippen LogP contribution >= 0.6 is 0 Å². The van der Waals surface area contributed by atoms with Gasteiger partial charge < -0.3 is 21.1 Å². The normalized spacial score (nSPS) is 30.2. The van der Waals surface area contributed by atoms with Crippen molar-refractivity contribution in [2.45, 2.75) is 94.5 Å². The molecule has 2 amide bonds. The lowest BCUT2D eigenvalue weighted by molar-refractivity contribution is -0.140. The summed E-state index contributed by atoms with van der Waals surface area (Å²) in [7, 11) is 0. The number of carbonyl (C=O) groups excluding carboxylic acids is 2. The summed E-state index contributed by atoms with van der Waals surface area (Å²) < 4.78 is 40.8. The van der Waals surface area contributed by atoms with Crippen molar-refractivity contribution in [3.05, 3.63) is 35.1 Å². The van der Waals surface area contributed by atoms with Gasteiger partial charge in [-0.25, -0.2) is 13.2 Å². The SMILES string of the molecule is N[C@H](Cc1cc(F)c(F)cc1F)C1C[C@H]2CC[C@@H](C1)N2C(=O)CC(=O)NC1CCC(O)CC1. The minimum Gasteiger partial charge on any atom is -0.393 e. The Bertz CT molecular complexity index is 877. The Morgan fingerprint density at radius 1 is 1.00 bits per heavy atom. The van der Waals surface area contributed by atoms with E-state index in [1.807, 2.05) is 4.90 Å². The Kier molecular flexibility index (Phi) is 7.28. The number of halogens is 3. The molecule has 2 aliphatic heterocycles. The monoisotopic (exact) mass is 467 g/mol. The van der Waals surface area contributed by atoms with Gasteiger partial charge in [0.05, 0.1) is 6.10 Å². The van der Waals surface area contributed by atoms with Gasteiger partial charge in [0.15, 0.2) is 11.6 Å². The zero-order chi connectivity index (χ0) is 23.7. The fourth-order valence-corrected chi connectivity index (χ4v) is 5.84. The molecule has 6 nitrogen and oxygen atoms in total. The van der Waals surface area contributed by atoms with Gasteiger partial charge in [0.1, 0.15) is 12.2 Å². The van der Waals surface area contributed by atoms with Crippen molar-refractivity contribution >= 4 is 11.8 Å². The van der Waals surface area contributed by atoms with E-state index in [-0.39, 0.29) is 60.4 Å². The Morgan fingerprint density at radius 2 is 1.61 bits per heavy atom. The van der Waals surface area contributed by atoms with Gasteiger partial charge in [0.25, 0.3) is 0 Å². The van der Waals surface area contributed by atoms with Crippen LogP contribution in [0.15, 0.2) is 12.1 Å². The van der Waals surface area contributed by atoms with Crippen molar-refractivity contribution in [2.75, 3.05) is 0 Å². The largest absolute Gasteiger partial charge is 0.393 e. The number of nitrogens with two attached hydrogens (primary N) is 1. The Balaban J connectivity index is 1.31. The lowest BCUT2D eigenvalue weighted by atomic mass is 9.82. The molecule has 2 saturated heterocycles. The summed E-state index contributed by atoms with van der Waals surface area (Å²) in [5.74, 6) is -3.57. The van der Waals surface area contributed by atoms with Crippen molar-refractivity contribution in [1.82, 2.24) is 10.2 Å². The molecule has 1 aromatic carbocycles. The molecule has 1 saturated carbocycles. The number of rotatable bonds is 6. The zero-order valence-corrected chi connectivity index (χ0v) is 18.6. The van der Waals surface area contributed by atoms with Crippen molar-refractivity contribution in [2.24, 2.45) is 11.7 Å². The Hall–Kier alpha value is -2.13. The molecule has 1 aliphatic carbocycles. The van der Waals surface area contributed by atoms with Crippen LogP contribution in [0.3, 0.4) is 0 Å². The highest BCUT2D eigenvalue weighted by molar-refractivity contribution is 5.97. The average Bonchev–Trinajstić information content (AvgIpc) is 3.03. The van der Waals surface area contributed by atoms with Gasteiger partial charge in [-0.2, -0.15) is 0 Å². The fraction of sp³-hybridized carbons (Fsp3) is 0.667. The average molecular weight is 468 g/mol. The van der Waals surface area contributed by atoms with E-state index in [1.165, 1.54) is 0 Å². The van der Waals surface area contributed by atoms with Gasteiger partial charge in [0.2, 0.25) is 11.8 Å². The second-order valence-electron chi connectivity index (χ2n) is 9.89. The number of aliphatic hydroxyl groups is 1. The molecule has 0 radical (unpaired) electrons. The molecular formula is C24H32F3N3O3. The molecular weight excluding hydrogens is 435 g/mol. The number of piperidine rings is 1. The van der Waals surface area contributed by atoms with E-state index in [4.69, 9.17) is 5.73 Å². The molecule has 3 aliphatic rings. The molecule has 1 aromatic rings. The number of hydrogen-bond donors (Lipinski definition) is 3. The first kappa shape index (κ1) is 24.0. The third kappa shape index (κ3) is 5.51. The summed E-state index contributed by atoms with van der Waals surface area (Å²) >= 11 is 0. The summed E-state index contributed by atoms with van der Waals surface area (Å²) in [6.45, 7) is 0. The molecule has 4 N–H and O–H groups in total. The molecule has 182 valence electrons. The minimum atomic E-state index is -1.22. The van der Waals surface area contributed by atoms with Crippen molar-refractivity contribution in [3.8, 4) is 0 Å². The topological polar surface area (TPSA) is 95.7 Å². The number of hydrogen-bond acceptors (Lipinski definition) is 4. The maximum Gasteiger partial charge on any atom is 0.232 e. The third-order valence-corrected chi connectivity index (χ3v) is 7.58. The molecule has 9 heteroatoms. The number of benzene rings is 1. The summed E-state index contributed by atoms with van der Waals surface area (Å²) in [5.41, 5.74) is 6.39. The van der Waals surface area contributed by atoms with Gasteiger partial charge in [-0.05, 0) is 75.3 Å². The molecule has 2 bridgehead atoms. The van der Waals surface area contributed by atoms with Crippen LogP contribution in [0.4, 0.5) is 13.2 Å². The van der Waals surface area contributed by atoms with E-state index in [1.54, 1.807) is 0 Å². The Labute approximate surface area is 191 Å². The van der Waals surface area contributed by atoms with Gasteiger partial charge in [-0.15, -0.1) is 0 Å². The fourth-order valence-electron chi connectivity index (χ4n) is 5.84. The number of carbonyl (C=O) groups is 2. The van der Waals surface area contributed by atoms with Crippen molar-refractivity contribution in [1.29, 1.82) is 0 Å².